The quantitative estimate of drug-likeness (QED) is 0.784. The molecule has 18 heavy (non-hydrogen) atoms. The largest absolute Gasteiger partial charge is 0.477 e. The molecular weight excluding hydrogens is 238 g/mol. The average Bonchev–Trinajstić information content (AvgIpc) is 2.86. The first-order valence-corrected chi connectivity index (χ1v) is 5.58. The number of rotatable bonds is 5. The monoisotopic (exact) mass is 253 g/mol. The SMILES string of the molecule is COC1(CNc2nccc(C(=O)O)n2)CCOC1. The van der Waals surface area contributed by atoms with Crippen molar-refractivity contribution in [2.45, 2.75) is 12.0 Å². The Labute approximate surface area is 104 Å². The maximum Gasteiger partial charge on any atom is 0.354 e. The van der Waals surface area contributed by atoms with Crippen molar-refractivity contribution in [3.63, 3.8) is 0 Å². The van der Waals surface area contributed by atoms with Crippen molar-refractivity contribution in [3.05, 3.63) is 18.0 Å². The molecule has 1 atom stereocenters. The van der Waals surface area contributed by atoms with E-state index < -0.39 is 5.97 Å². The first-order valence-electron chi connectivity index (χ1n) is 5.58. The molecule has 2 heterocycles. The van der Waals surface area contributed by atoms with E-state index in [0.29, 0.717) is 19.8 Å². The van der Waals surface area contributed by atoms with Crippen molar-refractivity contribution in [2.75, 3.05) is 32.2 Å². The Balaban J connectivity index is 2.01. The zero-order valence-corrected chi connectivity index (χ0v) is 10.0. The van der Waals surface area contributed by atoms with Gasteiger partial charge in [-0.3, -0.25) is 0 Å². The number of anilines is 1. The third-order valence-electron chi connectivity index (χ3n) is 2.94. The smallest absolute Gasteiger partial charge is 0.354 e. The van der Waals surface area contributed by atoms with E-state index in [2.05, 4.69) is 15.3 Å². The Morgan fingerprint density at radius 1 is 1.72 bits per heavy atom. The molecule has 1 aliphatic rings. The number of aromatic nitrogens is 2. The number of carboxylic acid groups (broad SMARTS) is 1. The van der Waals surface area contributed by atoms with Crippen LogP contribution in [-0.2, 0) is 9.47 Å². The van der Waals surface area contributed by atoms with Crippen molar-refractivity contribution in [3.8, 4) is 0 Å². The van der Waals surface area contributed by atoms with Crippen LogP contribution in [0.3, 0.4) is 0 Å². The molecule has 7 nitrogen and oxygen atoms in total. The fourth-order valence-corrected chi connectivity index (χ4v) is 1.76. The topological polar surface area (TPSA) is 93.6 Å². The highest BCUT2D eigenvalue weighted by atomic mass is 16.5. The van der Waals surface area contributed by atoms with Gasteiger partial charge in [0.1, 0.15) is 5.60 Å². The lowest BCUT2D eigenvalue weighted by Crippen LogP contribution is -2.40. The molecule has 0 aromatic carbocycles. The molecule has 0 saturated carbocycles. The minimum atomic E-state index is -1.08. The van der Waals surface area contributed by atoms with Crippen LogP contribution in [0.1, 0.15) is 16.9 Å². The summed E-state index contributed by atoms with van der Waals surface area (Å²) in [6, 6.07) is 1.35. The summed E-state index contributed by atoms with van der Waals surface area (Å²) in [6.45, 7) is 1.65. The van der Waals surface area contributed by atoms with Crippen molar-refractivity contribution >= 4 is 11.9 Å². The molecule has 1 aliphatic heterocycles. The molecule has 98 valence electrons. The van der Waals surface area contributed by atoms with Gasteiger partial charge in [-0.25, -0.2) is 14.8 Å². The van der Waals surface area contributed by atoms with E-state index in [1.807, 2.05) is 0 Å². The van der Waals surface area contributed by atoms with Gasteiger partial charge in [-0.15, -0.1) is 0 Å². The highest BCUT2D eigenvalue weighted by Crippen LogP contribution is 2.22. The molecule has 0 aliphatic carbocycles. The van der Waals surface area contributed by atoms with Gasteiger partial charge in [0.2, 0.25) is 5.95 Å². The molecule has 2 N–H and O–H groups in total. The molecule has 0 spiro atoms. The van der Waals surface area contributed by atoms with Gasteiger partial charge in [0, 0.05) is 32.9 Å². The Hall–Kier alpha value is -1.73. The summed E-state index contributed by atoms with van der Waals surface area (Å²) in [6.07, 6.45) is 2.19. The molecule has 0 amide bonds. The van der Waals surface area contributed by atoms with Gasteiger partial charge in [-0.05, 0) is 6.07 Å². The van der Waals surface area contributed by atoms with Gasteiger partial charge in [0.15, 0.2) is 5.69 Å². The number of hydrogen-bond acceptors (Lipinski definition) is 6. The van der Waals surface area contributed by atoms with Gasteiger partial charge in [-0.1, -0.05) is 0 Å². The first-order chi connectivity index (χ1) is 8.65. The van der Waals surface area contributed by atoms with Crippen molar-refractivity contribution in [2.24, 2.45) is 0 Å². The molecule has 1 aromatic rings. The van der Waals surface area contributed by atoms with Crippen LogP contribution in [-0.4, -0.2) is 53.5 Å². The summed E-state index contributed by atoms with van der Waals surface area (Å²) < 4.78 is 10.7. The number of methoxy groups -OCH3 is 1. The summed E-state index contributed by atoms with van der Waals surface area (Å²) in [5, 5.41) is 11.8. The number of hydrogen-bond donors (Lipinski definition) is 2. The number of ether oxygens (including phenoxy) is 2. The minimum Gasteiger partial charge on any atom is -0.477 e. The van der Waals surface area contributed by atoms with Crippen molar-refractivity contribution in [1.29, 1.82) is 0 Å². The first kappa shape index (κ1) is 12.7. The third kappa shape index (κ3) is 2.74. The number of nitrogens with one attached hydrogen (secondary N) is 1. The Bertz CT molecular complexity index is 432. The summed E-state index contributed by atoms with van der Waals surface area (Å²) >= 11 is 0. The minimum absolute atomic E-state index is 0.0401. The molecule has 2 rings (SSSR count). The molecule has 1 aromatic heterocycles. The van der Waals surface area contributed by atoms with Crippen LogP contribution in [0.15, 0.2) is 12.3 Å². The zero-order chi connectivity index (χ0) is 13.0. The standard InChI is InChI=1S/C11H15N3O4/c1-17-11(3-5-18-7-11)6-13-10-12-4-2-8(14-10)9(15)16/h2,4H,3,5-7H2,1H3,(H,15,16)(H,12,13,14). The highest BCUT2D eigenvalue weighted by molar-refractivity contribution is 5.85. The van der Waals surface area contributed by atoms with Crippen molar-refractivity contribution < 1.29 is 19.4 Å². The van der Waals surface area contributed by atoms with E-state index in [4.69, 9.17) is 14.6 Å². The van der Waals surface area contributed by atoms with Gasteiger partial charge in [-0.2, -0.15) is 0 Å². The zero-order valence-electron chi connectivity index (χ0n) is 10.0. The van der Waals surface area contributed by atoms with E-state index in [1.54, 1.807) is 7.11 Å². The second-order valence-corrected chi connectivity index (χ2v) is 4.11. The van der Waals surface area contributed by atoms with E-state index >= 15 is 0 Å². The van der Waals surface area contributed by atoms with Crippen LogP contribution < -0.4 is 5.32 Å². The summed E-state index contributed by atoms with van der Waals surface area (Å²) in [5.74, 6) is -0.802. The van der Waals surface area contributed by atoms with Gasteiger partial charge in [0.05, 0.1) is 6.61 Å². The normalized spacial score (nSPS) is 22.9. The van der Waals surface area contributed by atoms with Crippen LogP contribution in [0.5, 0.6) is 0 Å². The second-order valence-electron chi connectivity index (χ2n) is 4.11. The van der Waals surface area contributed by atoms with Gasteiger partial charge >= 0.3 is 5.97 Å². The van der Waals surface area contributed by atoms with Crippen LogP contribution in [0.2, 0.25) is 0 Å². The van der Waals surface area contributed by atoms with Crippen LogP contribution in [0.25, 0.3) is 0 Å². The number of nitrogens with zero attached hydrogens (tertiary/aromatic N) is 2. The maximum absolute atomic E-state index is 10.8. The molecular formula is C11H15N3O4. The molecule has 1 saturated heterocycles. The lowest BCUT2D eigenvalue weighted by atomic mass is 10.0. The Morgan fingerprint density at radius 2 is 2.56 bits per heavy atom. The summed E-state index contributed by atoms with van der Waals surface area (Å²) in [4.78, 5) is 18.6. The predicted octanol–water partition coefficient (Wildman–Crippen LogP) is 0.392. The van der Waals surface area contributed by atoms with Crippen LogP contribution >= 0.6 is 0 Å². The number of carboxylic acids is 1. The van der Waals surface area contributed by atoms with Crippen LogP contribution in [0.4, 0.5) is 5.95 Å². The van der Waals surface area contributed by atoms with E-state index in [0.717, 1.165) is 6.42 Å². The summed E-state index contributed by atoms with van der Waals surface area (Å²) in [7, 11) is 1.63. The fourth-order valence-electron chi connectivity index (χ4n) is 1.76. The third-order valence-corrected chi connectivity index (χ3v) is 2.94. The lowest BCUT2D eigenvalue weighted by molar-refractivity contribution is -0.00631. The van der Waals surface area contributed by atoms with E-state index in [9.17, 15) is 4.79 Å². The Morgan fingerprint density at radius 3 is 3.17 bits per heavy atom. The predicted molar refractivity (Wildman–Crippen MR) is 62.7 cm³/mol. The maximum atomic E-state index is 10.8. The second kappa shape index (κ2) is 5.28. The Kier molecular flexibility index (Phi) is 3.73. The van der Waals surface area contributed by atoms with E-state index in [-0.39, 0.29) is 17.2 Å². The molecule has 7 heteroatoms. The van der Waals surface area contributed by atoms with Crippen molar-refractivity contribution in [1.82, 2.24) is 9.97 Å². The van der Waals surface area contributed by atoms with Crippen LogP contribution in [0, 0.1) is 0 Å². The highest BCUT2D eigenvalue weighted by Gasteiger charge is 2.34. The molecule has 0 bridgehead atoms. The number of carbonyl (C=O) groups is 1. The summed E-state index contributed by atoms with van der Waals surface area (Å²) in [5.41, 5.74) is -0.426. The van der Waals surface area contributed by atoms with Gasteiger partial charge < -0.3 is 19.9 Å². The van der Waals surface area contributed by atoms with E-state index in [1.165, 1.54) is 12.3 Å². The fraction of sp³-hybridized carbons (Fsp3) is 0.545. The number of aromatic carboxylic acids is 1. The average molecular weight is 253 g/mol. The molecule has 1 fully saturated rings. The lowest BCUT2D eigenvalue weighted by Gasteiger charge is -2.25. The molecule has 1 unspecified atom stereocenters. The van der Waals surface area contributed by atoms with Gasteiger partial charge in [0.25, 0.3) is 0 Å². The molecule has 0 radical (unpaired) electrons.